The van der Waals surface area contributed by atoms with Crippen LogP contribution in [-0.2, 0) is 10.8 Å². The van der Waals surface area contributed by atoms with Crippen LogP contribution in [0.5, 0.6) is 5.75 Å². The first kappa shape index (κ1) is 20.0. The number of hydrogen-bond donors (Lipinski definition) is 0. The molecule has 148 valence electrons. The van der Waals surface area contributed by atoms with Crippen molar-refractivity contribution in [2.45, 2.75) is 18.0 Å². The largest absolute Gasteiger partial charge is 0.497 e. The van der Waals surface area contributed by atoms with E-state index in [1.165, 1.54) is 32.2 Å². The Morgan fingerprint density at radius 1 is 1.21 bits per heavy atom. The maximum atomic E-state index is 14.5. The Hall–Kier alpha value is -2.75. The van der Waals surface area contributed by atoms with E-state index in [1.807, 2.05) is 0 Å². The smallest absolute Gasteiger partial charge is 0.400 e. The molecule has 0 aliphatic heterocycles. The average Bonchev–Trinajstić information content (AvgIpc) is 2.61. The number of methoxy groups -OCH3 is 1. The lowest BCUT2D eigenvalue weighted by molar-refractivity contribution is -0.105. The van der Waals surface area contributed by atoms with Gasteiger partial charge in [0.15, 0.2) is 0 Å². The minimum absolute atomic E-state index is 0.0929. The van der Waals surface area contributed by atoms with Crippen LogP contribution in [0.4, 0.5) is 17.6 Å². The summed E-state index contributed by atoms with van der Waals surface area (Å²) in [4.78, 5) is 16.6. The van der Waals surface area contributed by atoms with E-state index in [9.17, 15) is 26.6 Å². The zero-order chi connectivity index (χ0) is 20.6. The van der Waals surface area contributed by atoms with Gasteiger partial charge in [-0.25, -0.2) is 9.37 Å². The van der Waals surface area contributed by atoms with Crippen molar-refractivity contribution in [1.29, 1.82) is 0 Å². The standard InChI is InChI=1S/C18H14F4N2O3S/c1-10-5-13(19)15(7-16(10)28(26)8-18(20,21)22)24-9-23-14-6-11(27-2)3-4-12(14)17(24)25/h3-7,9H,8H2,1-2H3. The molecule has 5 nitrogen and oxygen atoms in total. The number of aryl methyl sites for hydroxylation is 1. The minimum atomic E-state index is -4.65. The summed E-state index contributed by atoms with van der Waals surface area (Å²) in [5.74, 6) is -1.94. The topological polar surface area (TPSA) is 61.2 Å². The summed E-state index contributed by atoms with van der Waals surface area (Å²) in [7, 11) is -0.988. The monoisotopic (exact) mass is 414 g/mol. The van der Waals surface area contributed by atoms with E-state index in [4.69, 9.17) is 4.74 Å². The van der Waals surface area contributed by atoms with Crippen molar-refractivity contribution in [1.82, 2.24) is 9.55 Å². The molecule has 0 N–H and O–H groups in total. The van der Waals surface area contributed by atoms with Gasteiger partial charge in [-0.15, -0.1) is 0 Å². The lowest BCUT2D eigenvalue weighted by Gasteiger charge is -2.13. The second kappa shape index (κ2) is 7.34. The van der Waals surface area contributed by atoms with Gasteiger partial charge in [0.05, 0.1) is 34.5 Å². The molecule has 3 aromatic rings. The van der Waals surface area contributed by atoms with Gasteiger partial charge >= 0.3 is 6.18 Å². The molecule has 0 aliphatic rings. The van der Waals surface area contributed by atoms with Crippen molar-refractivity contribution in [3.63, 3.8) is 0 Å². The molecule has 0 spiro atoms. The van der Waals surface area contributed by atoms with Gasteiger partial charge < -0.3 is 4.74 Å². The number of fused-ring (bicyclic) bond motifs is 1. The van der Waals surface area contributed by atoms with E-state index in [2.05, 4.69) is 4.98 Å². The first-order chi connectivity index (χ1) is 13.1. The van der Waals surface area contributed by atoms with Crippen LogP contribution < -0.4 is 10.3 Å². The van der Waals surface area contributed by atoms with Crippen molar-refractivity contribution in [3.8, 4) is 11.4 Å². The Labute approximate surface area is 159 Å². The number of nitrogens with zero attached hydrogens (tertiary/aromatic N) is 2. The van der Waals surface area contributed by atoms with Crippen LogP contribution in [0.1, 0.15) is 5.56 Å². The lowest BCUT2D eigenvalue weighted by Crippen LogP contribution is -2.22. The van der Waals surface area contributed by atoms with Gasteiger partial charge in [-0.1, -0.05) is 0 Å². The van der Waals surface area contributed by atoms with Gasteiger partial charge in [-0.05, 0) is 36.8 Å². The maximum Gasteiger partial charge on any atom is 0.400 e. The fourth-order valence-electron chi connectivity index (χ4n) is 2.70. The van der Waals surface area contributed by atoms with E-state index >= 15 is 0 Å². The minimum Gasteiger partial charge on any atom is -0.497 e. The van der Waals surface area contributed by atoms with E-state index < -0.39 is 34.1 Å². The fourth-order valence-corrected chi connectivity index (χ4v) is 3.81. The summed E-state index contributed by atoms with van der Waals surface area (Å²) in [6.45, 7) is 1.35. The van der Waals surface area contributed by atoms with Crippen LogP contribution in [0.3, 0.4) is 0 Å². The van der Waals surface area contributed by atoms with E-state index in [1.54, 1.807) is 0 Å². The highest BCUT2D eigenvalue weighted by Gasteiger charge is 2.32. The quantitative estimate of drug-likeness (QED) is 0.613. The lowest BCUT2D eigenvalue weighted by atomic mass is 10.2. The van der Waals surface area contributed by atoms with Crippen LogP contribution in [-0.4, -0.2) is 32.8 Å². The van der Waals surface area contributed by atoms with Gasteiger partial charge in [-0.2, -0.15) is 13.2 Å². The number of benzene rings is 2. The molecule has 3 rings (SSSR count). The zero-order valence-corrected chi connectivity index (χ0v) is 15.5. The van der Waals surface area contributed by atoms with Gasteiger partial charge in [-0.3, -0.25) is 13.6 Å². The predicted molar refractivity (Wildman–Crippen MR) is 95.9 cm³/mol. The van der Waals surface area contributed by atoms with Crippen LogP contribution in [0.2, 0.25) is 0 Å². The third kappa shape index (κ3) is 3.91. The molecule has 0 radical (unpaired) electrons. The Kier molecular flexibility index (Phi) is 5.24. The molecule has 1 aromatic heterocycles. The molecule has 0 saturated heterocycles. The molecule has 2 aromatic carbocycles. The van der Waals surface area contributed by atoms with Gasteiger partial charge in [0.2, 0.25) is 0 Å². The summed E-state index contributed by atoms with van der Waals surface area (Å²) in [5, 5.41) is 0.168. The number of hydrogen-bond acceptors (Lipinski definition) is 4. The van der Waals surface area contributed by atoms with E-state index in [-0.39, 0.29) is 21.5 Å². The van der Waals surface area contributed by atoms with Crippen LogP contribution >= 0.6 is 0 Å². The number of halogens is 4. The van der Waals surface area contributed by atoms with Crippen molar-refractivity contribution < 1.29 is 26.5 Å². The van der Waals surface area contributed by atoms with E-state index in [0.29, 0.717) is 11.3 Å². The second-order valence-electron chi connectivity index (χ2n) is 5.98. The van der Waals surface area contributed by atoms with Crippen LogP contribution in [0.15, 0.2) is 46.3 Å². The number of alkyl halides is 3. The zero-order valence-electron chi connectivity index (χ0n) is 14.7. The summed E-state index contributed by atoms with van der Waals surface area (Å²) in [6.07, 6.45) is -3.58. The van der Waals surface area contributed by atoms with Crippen LogP contribution in [0.25, 0.3) is 16.6 Å². The van der Waals surface area contributed by atoms with E-state index in [0.717, 1.165) is 23.0 Å². The molecule has 1 unspecified atom stereocenters. The average molecular weight is 414 g/mol. The van der Waals surface area contributed by atoms with Gasteiger partial charge in [0.1, 0.15) is 23.6 Å². The van der Waals surface area contributed by atoms with Crippen molar-refractivity contribution in [3.05, 3.63) is 58.4 Å². The molecular weight excluding hydrogens is 400 g/mol. The Bertz CT molecular complexity index is 1140. The van der Waals surface area contributed by atoms with Crippen molar-refractivity contribution >= 4 is 21.7 Å². The molecule has 28 heavy (non-hydrogen) atoms. The third-order valence-electron chi connectivity index (χ3n) is 4.01. The highest BCUT2D eigenvalue weighted by atomic mass is 32.2. The summed E-state index contributed by atoms with van der Waals surface area (Å²) < 4.78 is 70.3. The highest BCUT2D eigenvalue weighted by Crippen LogP contribution is 2.26. The maximum absolute atomic E-state index is 14.5. The first-order valence-electron chi connectivity index (χ1n) is 7.92. The van der Waals surface area contributed by atoms with Crippen LogP contribution in [0, 0.1) is 12.7 Å². The summed E-state index contributed by atoms with van der Waals surface area (Å²) in [6, 6.07) is 6.45. The first-order valence-corrected chi connectivity index (χ1v) is 9.23. The summed E-state index contributed by atoms with van der Waals surface area (Å²) in [5.41, 5.74) is -0.543. The number of ether oxygens (including phenoxy) is 1. The molecule has 0 saturated carbocycles. The van der Waals surface area contributed by atoms with Crippen molar-refractivity contribution in [2.75, 3.05) is 12.9 Å². The Morgan fingerprint density at radius 2 is 1.93 bits per heavy atom. The molecule has 0 aliphatic carbocycles. The fraction of sp³-hybridized carbons (Fsp3) is 0.222. The molecular formula is C18H14F4N2O3S. The third-order valence-corrected chi connectivity index (χ3v) is 5.53. The molecule has 0 amide bonds. The van der Waals surface area contributed by atoms with Gasteiger partial charge in [0, 0.05) is 11.0 Å². The molecule has 1 heterocycles. The Balaban J connectivity index is 2.16. The van der Waals surface area contributed by atoms with Gasteiger partial charge in [0.25, 0.3) is 5.56 Å². The Morgan fingerprint density at radius 3 is 2.57 bits per heavy atom. The second-order valence-corrected chi connectivity index (χ2v) is 7.40. The number of aromatic nitrogens is 2. The molecule has 0 fully saturated rings. The summed E-state index contributed by atoms with van der Waals surface area (Å²) >= 11 is 0. The SMILES string of the molecule is COc1ccc2c(=O)n(-c3cc(S(=O)CC(F)(F)F)c(C)cc3F)cnc2c1. The van der Waals surface area contributed by atoms with Crippen molar-refractivity contribution in [2.24, 2.45) is 0 Å². The molecule has 0 bridgehead atoms. The highest BCUT2D eigenvalue weighted by molar-refractivity contribution is 7.85. The number of rotatable bonds is 4. The predicted octanol–water partition coefficient (Wildman–Crippen LogP) is 3.51. The molecule has 10 heteroatoms. The molecule has 1 atom stereocenters. The normalized spacial score (nSPS) is 12.9.